The van der Waals surface area contributed by atoms with Crippen LogP contribution in [-0.4, -0.2) is 58.4 Å². The van der Waals surface area contributed by atoms with Crippen LogP contribution in [0.2, 0.25) is 0 Å². The van der Waals surface area contributed by atoms with Gasteiger partial charge in [0.15, 0.2) is 22.9 Å². The summed E-state index contributed by atoms with van der Waals surface area (Å²) >= 11 is 0. The number of nitrogens with one attached hydrogen (secondary N) is 1. The number of para-hydroxylation sites is 3. The van der Waals surface area contributed by atoms with Crippen molar-refractivity contribution in [2.45, 2.75) is 51.7 Å². The Hall–Kier alpha value is -4.34. The second kappa shape index (κ2) is 12.5. The Morgan fingerprint density at radius 2 is 1.79 bits per heavy atom. The van der Waals surface area contributed by atoms with Crippen LogP contribution in [0, 0.1) is 0 Å². The van der Waals surface area contributed by atoms with Crippen LogP contribution in [0.15, 0.2) is 60.9 Å². The number of hydrogen-bond donors (Lipinski definition) is 2. The van der Waals surface area contributed by atoms with E-state index >= 15 is 0 Å². The van der Waals surface area contributed by atoms with E-state index < -0.39 is 11.6 Å². The Balaban J connectivity index is 1.40. The number of rotatable bonds is 11. The summed E-state index contributed by atoms with van der Waals surface area (Å²) in [6, 6.07) is 14.5. The SMILES string of the molecule is CCOc1ccccc1OC1CCCN(c2cncc(NC(=O)Cc3ccccc3OC(C)(C)C(=O)O)n2)C1. The lowest BCUT2D eigenvalue weighted by molar-refractivity contribution is -0.152. The van der Waals surface area contributed by atoms with Gasteiger partial charge in [0, 0.05) is 12.1 Å². The van der Waals surface area contributed by atoms with Crippen LogP contribution in [0.4, 0.5) is 11.6 Å². The average Bonchev–Trinajstić information content (AvgIpc) is 2.91. The molecule has 1 atom stereocenters. The maximum atomic E-state index is 12.9. The fraction of sp³-hybridized carbons (Fsp3) is 0.379. The molecule has 1 fully saturated rings. The number of aromatic nitrogens is 2. The number of piperidine rings is 1. The molecular weight excluding hydrogens is 500 g/mol. The van der Waals surface area contributed by atoms with Crippen LogP contribution < -0.4 is 24.4 Å². The molecule has 4 rings (SSSR count). The maximum Gasteiger partial charge on any atom is 0.347 e. The molecule has 1 aliphatic heterocycles. The summed E-state index contributed by atoms with van der Waals surface area (Å²) in [7, 11) is 0. The maximum absolute atomic E-state index is 12.9. The summed E-state index contributed by atoms with van der Waals surface area (Å²) in [5.74, 6) is 1.33. The molecule has 1 unspecified atom stereocenters. The van der Waals surface area contributed by atoms with E-state index in [4.69, 9.17) is 14.2 Å². The van der Waals surface area contributed by atoms with Gasteiger partial charge in [-0.1, -0.05) is 30.3 Å². The smallest absolute Gasteiger partial charge is 0.347 e. The zero-order valence-electron chi connectivity index (χ0n) is 22.4. The molecule has 0 saturated carbocycles. The first kappa shape index (κ1) is 27.7. The summed E-state index contributed by atoms with van der Waals surface area (Å²) < 4.78 is 17.7. The average molecular weight is 535 g/mol. The van der Waals surface area contributed by atoms with E-state index in [2.05, 4.69) is 20.2 Å². The fourth-order valence-electron chi connectivity index (χ4n) is 4.24. The lowest BCUT2D eigenvalue weighted by atomic mass is 10.1. The topological polar surface area (TPSA) is 123 Å². The van der Waals surface area contributed by atoms with Crippen molar-refractivity contribution in [1.29, 1.82) is 0 Å². The second-order valence-corrected chi connectivity index (χ2v) is 9.72. The molecule has 0 radical (unpaired) electrons. The lowest BCUT2D eigenvalue weighted by Crippen LogP contribution is -2.41. The van der Waals surface area contributed by atoms with E-state index in [-0.39, 0.29) is 18.4 Å². The van der Waals surface area contributed by atoms with Gasteiger partial charge in [-0.25, -0.2) is 9.78 Å². The van der Waals surface area contributed by atoms with E-state index in [9.17, 15) is 14.7 Å². The molecule has 206 valence electrons. The molecule has 1 saturated heterocycles. The number of hydrogen-bond acceptors (Lipinski definition) is 8. The van der Waals surface area contributed by atoms with E-state index in [0.29, 0.717) is 41.8 Å². The normalized spacial score (nSPS) is 15.4. The van der Waals surface area contributed by atoms with Crippen molar-refractivity contribution in [3.8, 4) is 17.2 Å². The molecule has 10 nitrogen and oxygen atoms in total. The van der Waals surface area contributed by atoms with Gasteiger partial charge in [0.05, 0.1) is 32.0 Å². The van der Waals surface area contributed by atoms with Crippen LogP contribution in [0.5, 0.6) is 17.2 Å². The molecule has 10 heteroatoms. The predicted octanol–water partition coefficient (Wildman–Crippen LogP) is 4.35. The van der Waals surface area contributed by atoms with Gasteiger partial charge in [-0.2, -0.15) is 0 Å². The van der Waals surface area contributed by atoms with Gasteiger partial charge in [0.25, 0.3) is 0 Å². The van der Waals surface area contributed by atoms with Crippen molar-refractivity contribution < 1.29 is 28.9 Å². The van der Waals surface area contributed by atoms with Crippen LogP contribution >= 0.6 is 0 Å². The number of carbonyl (C=O) groups excluding carboxylic acids is 1. The van der Waals surface area contributed by atoms with E-state index in [0.717, 1.165) is 25.1 Å². The fourth-order valence-corrected chi connectivity index (χ4v) is 4.24. The zero-order valence-corrected chi connectivity index (χ0v) is 22.4. The van der Waals surface area contributed by atoms with Crippen molar-refractivity contribution in [2.75, 3.05) is 29.9 Å². The third-order valence-electron chi connectivity index (χ3n) is 6.24. The minimum absolute atomic E-state index is 0.0172. The summed E-state index contributed by atoms with van der Waals surface area (Å²) in [6.45, 7) is 6.84. The monoisotopic (exact) mass is 534 g/mol. The summed E-state index contributed by atoms with van der Waals surface area (Å²) in [5.41, 5.74) is -0.871. The number of nitrogens with zero attached hydrogens (tertiary/aromatic N) is 3. The Morgan fingerprint density at radius 1 is 1.08 bits per heavy atom. The molecule has 2 N–H and O–H groups in total. The number of amides is 1. The third-order valence-corrected chi connectivity index (χ3v) is 6.24. The van der Waals surface area contributed by atoms with Crippen molar-refractivity contribution in [2.24, 2.45) is 0 Å². The minimum atomic E-state index is -1.44. The molecule has 1 aliphatic rings. The Morgan fingerprint density at radius 3 is 2.54 bits per heavy atom. The standard InChI is InChI=1S/C29H34N4O6/c1-4-37-23-13-7-8-14-24(23)38-21-11-9-15-33(19-21)26-18-30-17-25(31-26)32-27(34)16-20-10-5-6-12-22(20)39-29(2,3)28(35)36/h5-8,10,12-14,17-18,21H,4,9,11,15-16,19H2,1-3H3,(H,35,36)(H,31,32,34). The zero-order chi connectivity index (χ0) is 27.8. The number of carboxylic acid groups (broad SMARTS) is 1. The van der Waals surface area contributed by atoms with Crippen molar-refractivity contribution >= 4 is 23.5 Å². The molecule has 3 aromatic rings. The predicted molar refractivity (Wildman–Crippen MR) is 147 cm³/mol. The van der Waals surface area contributed by atoms with E-state index in [1.165, 1.54) is 20.0 Å². The van der Waals surface area contributed by atoms with Gasteiger partial charge in [-0.3, -0.25) is 9.78 Å². The molecule has 39 heavy (non-hydrogen) atoms. The first-order chi connectivity index (χ1) is 18.7. The summed E-state index contributed by atoms with van der Waals surface area (Å²) in [6.07, 6.45) is 4.92. The summed E-state index contributed by atoms with van der Waals surface area (Å²) in [5, 5.41) is 12.2. The number of anilines is 2. The highest BCUT2D eigenvalue weighted by molar-refractivity contribution is 5.91. The number of carboxylic acids is 1. The minimum Gasteiger partial charge on any atom is -0.490 e. The first-order valence-electron chi connectivity index (χ1n) is 13.0. The Labute approximate surface area is 227 Å². The highest BCUT2D eigenvalue weighted by Crippen LogP contribution is 2.30. The van der Waals surface area contributed by atoms with Gasteiger partial charge in [0.1, 0.15) is 17.7 Å². The molecule has 1 aromatic heterocycles. The van der Waals surface area contributed by atoms with Crippen LogP contribution in [0.3, 0.4) is 0 Å². The largest absolute Gasteiger partial charge is 0.490 e. The Bertz CT molecular complexity index is 1300. The molecule has 0 spiro atoms. The number of aliphatic carboxylic acids is 1. The van der Waals surface area contributed by atoms with Crippen molar-refractivity contribution in [3.63, 3.8) is 0 Å². The van der Waals surface area contributed by atoms with Gasteiger partial charge in [-0.15, -0.1) is 0 Å². The first-order valence-corrected chi connectivity index (χ1v) is 13.0. The number of carbonyl (C=O) groups is 2. The van der Waals surface area contributed by atoms with Gasteiger partial charge < -0.3 is 29.5 Å². The highest BCUT2D eigenvalue weighted by atomic mass is 16.5. The second-order valence-electron chi connectivity index (χ2n) is 9.72. The quantitative estimate of drug-likeness (QED) is 0.370. The third kappa shape index (κ3) is 7.37. The number of ether oxygens (including phenoxy) is 3. The number of benzene rings is 2. The van der Waals surface area contributed by atoms with Crippen LogP contribution in [0.25, 0.3) is 0 Å². The van der Waals surface area contributed by atoms with Crippen molar-refractivity contribution in [1.82, 2.24) is 9.97 Å². The van der Waals surface area contributed by atoms with E-state index in [1.54, 1.807) is 30.5 Å². The Kier molecular flexibility index (Phi) is 8.85. The molecule has 2 heterocycles. The van der Waals surface area contributed by atoms with Gasteiger partial charge in [-0.05, 0) is 51.8 Å². The van der Waals surface area contributed by atoms with Crippen LogP contribution in [0.1, 0.15) is 39.2 Å². The molecule has 0 aliphatic carbocycles. The molecule has 2 aromatic carbocycles. The molecule has 0 bridgehead atoms. The van der Waals surface area contributed by atoms with Gasteiger partial charge in [0.2, 0.25) is 5.91 Å². The molecular formula is C29H34N4O6. The van der Waals surface area contributed by atoms with Gasteiger partial charge >= 0.3 is 5.97 Å². The molecule has 1 amide bonds. The summed E-state index contributed by atoms with van der Waals surface area (Å²) in [4.78, 5) is 35.3. The highest BCUT2D eigenvalue weighted by Gasteiger charge is 2.30. The van der Waals surface area contributed by atoms with Crippen LogP contribution in [-0.2, 0) is 16.0 Å². The lowest BCUT2D eigenvalue weighted by Gasteiger charge is -2.33. The van der Waals surface area contributed by atoms with Crippen molar-refractivity contribution in [3.05, 3.63) is 66.5 Å². The van der Waals surface area contributed by atoms with E-state index in [1.807, 2.05) is 31.2 Å².